The van der Waals surface area contributed by atoms with E-state index in [1.807, 2.05) is 0 Å². The Labute approximate surface area is 95.9 Å². The van der Waals surface area contributed by atoms with Gasteiger partial charge in [-0.05, 0) is 5.56 Å². The molecule has 3 nitrogen and oxygen atoms in total. The van der Waals surface area contributed by atoms with Crippen LogP contribution in [0.5, 0.6) is 0 Å². The fraction of sp³-hybridized carbons (Fsp3) is 0.300. The minimum absolute atomic E-state index is 0.0721. The Morgan fingerprint density at radius 2 is 2.12 bits per heavy atom. The summed E-state index contributed by atoms with van der Waals surface area (Å²) in [6, 6.07) is 3.41. The standard InChI is InChI=1S/C10H6ClF2N3/c11-3-8-7(4-15)9(10(12)13)6(1-2-14)5-16-8/h5,10H,1,3H2. The molecule has 16 heavy (non-hydrogen) atoms. The van der Waals surface area contributed by atoms with Gasteiger partial charge in [0.15, 0.2) is 0 Å². The Bertz CT molecular complexity index is 474. The van der Waals surface area contributed by atoms with Crippen LogP contribution in [-0.4, -0.2) is 4.98 Å². The van der Waals surface area contributed by atoms with Crippen molar-refractivity contribution in [1.82, 2.24) is 4.98 Å². The first-order valence-corrected chi connectivity index (χ1v) is 4.81. The van der Waals surface area contributed by atoms with Gasteiger partial charge in [0.2, 0.25) is 0 Å². The van der Waals surface area contributed by atoms with Crippen LogP contribution in [0.4, 0.5) is 8.78 Å². The number of aromatic nitrogens is 1. The van der Waals surface area contributed by atoms with Crippen LogP contribution < -0.4 is 0 Å². The van der Waals surface area contributed by atoms with E-state index in [2.05, 4.69) is 4.98 Å². The molecule has 0 amide bonds. The third-order valence-corrected chi connectivity index (χ3v) is 2.26. The van der Waals surface area contributed by atoms with Crippen LogP contribution in [-0.2, 0) is 12.3 Å². The van der Waals surface area contributed by atoms with Gasteiger partial charge in [-0.1, -0.05) is 0 Å². The summed E-state index contributed by atoms with van der Waals surface area (Å²) < 4.78 is 25.6. The number of pyridine rings is 1. The molecule has 1 rings (SSSR count). The fourth-order valence-electron chi connectivity index (χ4n) is 1.31. The Kier molecular flexibility index (Phi) is 4.16. The van der Waals surface area contributed by atoms with Crippen molar-refractivity contribution in [2.45, 2.75) is 18.7 Å². The lowest BCUT2D eigenvalue weighted by Gasteiger charge is -2.10. The van der Waals surface area contributed by atoms with Gasteiger partial charge in [-0.2, -0.15) is 10.5 Å². The molecule has 0 radical (unpaired) electrons. The average Bonchev–Trinajstić information content (AvgIpc) is 2.28. The number of nitriles is 2. The molecule has 0 N–H and O–H groups in total. The topological polar surface area (TPSA) is 60.5 Å². The highest BCUT2D eigenvalue weighted by Crippen LogP contribution is 2.28. The minimum atomic E-state index is -2.82. The lowest BCUT2D eigenvalue weighted by atomic mass is 10.0. The number of nitrogens with zero attached hydrogens (tertiary/aromatic N) is 3. The van der Waals surface area contributed by atoms with Crippen LogP contribution in [0.1, 0.15) is 28.8 Å². The molecule has 0 spiro atoms. The van der Waals surface area contributed by atoms with Crippen molar-refractivity contribution < 1.29 is 8.78 Å². The maximum atomic E-state index is 12.8. The van der Waals surface area contributed by atoms with Crippen LogP contribution in [0.2, 0.25) is 0 Å². The van der Waals surface area contributed by atoms with Crippen molar-refractivity contribution in [2.24, 2.45) is 0 Å². The summed E-state index contributed by atoms with van der Waals surface area (Å²) in [5.41, 5.74) is -0.475. The van der Waals surface area contributed by atoms with Gasteiger partial charge < -0.3 is 0 Å². The molecule has 0 saturated carbocycles. The van der Waals surface area contributed by atoms with Crippen molar-refractivity contribution in [3.05, 3.63) is 28.6 Å². The van der Waals surface area contributed by atoms with Gasteiger partial charge >= 0.3 is 0 Å². The summed E-state index contributed by atoms with van der Waals surface area (Å²) in [6.45, 7) is 0. The summed E-state index contributed by atoms with van der Waals surface area (Å²) in [5, 5.41) is 17.3. The highest BCUT2D eigenvalue weighted by Gasteiger charge is 2.21. The van der Waals surface area contributed by atoms with Crippen LogP contribution in [0.3, 0.4) is 0 Å². The number of hydrogen-bond acceptors (Lipinski definition) is 3. The minimum Gasteiger partial charge on any atom is -0.258 e. The second kappa shape index (κ2) is 5.39. The Morgan fingerprint density at radius 3 is 2.56 bits per heavy atom. The first-order valence-electron chi connectivity index (χ1n) is 4.27. The van der Waals surface area contributed by atoms with Gasteiger partial charge in [0.05, 0.1) is 29.6 Å². The van der Waals surface area contributed by atoms with Crippen LogP contribution in [0.15, 0.2) is 6.20 Å². The average molecular weight is 242 g/mol. The largest absolute Gasteiger partial charge is 0.265 e. The summed E-state index contributed by atoms with van der Waals surface area (Å²) >= 11 is 5.49. The van der Waals surface area contributed by atoms with Gasteiger partial charge in [-0.25, -0.2) is 8.78 Å². The highest BCUT2D eigenvalue weighted by molar-refractivity contribution is 6.17. The zero-order valence-electron chi connectivity index (χ0n) is 8.04. The summed E-state index contributed by atoms with van der Waals surface area (Å²) in [7, 11) is 0. The zero-order chi connectivity index (χ0) is 12.1. The molecule has 6 heteroatoms. The zero-order valence-corrected chi connectivity index (χ0v) is 8.80. The second-order valence-electron chi connectivity index (χ2n) is 2.90. The van der Waals surface area contributed by atoms with E-state index < -0.39 is 12.0 Å². The molecular weight excluding hydrogens is 236 g/mol. The van der Waals surface area contributed by atoms with E-state index in [0.717, 1.165) is 0 Å². The normalized spacial score (nSPS) is 9.88. The number of alkyl halides is 3. The SMILES string of the molecule is N#CCc1cnc(CCl)c(C#N)c1C(F)F. The second-order valence-corrected chi connectivity index (χ2v) is 3.17. The predicted octanol–water partition coefficient (Wildman–Crippen LogP) is 2.70. The lowest BCUT2D eigenvalue weighted by molar-refractivity contribution is 0.150. The smallest absolute Gasteiger partial charge is 0.258 e. The molecule has 0 atom stereocenters. The Hall–Kier alpha value is -1.72. The summed E-state index contributed by atoms with van der Waals surface area (Å²) in [6.07, 6.45) is -1.85. The molecule has 1 aromatic rings. The maximum Gasteiger partial charge on any atom is 0.265 e. The molecule has 82 valence electrons. The first-order chi connectivity index (χ1) is 7.65. The van der Waals surface area contributed by atoms with Gasteiger partial charge in [0, 0.05) is 11.8 Å². The first kappa shape index (κ1) is 12.4. The van der Waals surface area contributed by atoms with E-state index in [1.54, 1.807) is 12.1 Å². The molecule has 0 aliphatic rings. The van der Waals surface area contributed by atoms with Crippen LogP contribution >= 0.6 is 11.6 Å². The predicted molar refractivity (Wildman–Crippen MR) is 52.8 cm³/mol. The van der Waals surface area contributed by atoms with Crippen molar-refractivity contribution in [1.29, 1.82) is 10.5 Å². The molecule has 0 saturated heterocycles. The van der Waals surface area contributed by atoms with Gasteiger partial charge in [0.1, 0.15) is 6.07 Å². The van der Waals surface area contributed by atoms with Crippen LogP contribution in [0.25, 0.3) is 0 Å². The maximum absolute atomic E-state index is 12.8. The van der Waals surface area contributed by atoms with E-state index in [1.165, 1.54) is 6.20 Å². The third kappa shape index (κ3) is 2.26. The molecule has 0 unspecified atom stereocenters. The monoisotopic (exact) mass is 241 g/mol. The van der Waals surface area contributed by atoms with Crippen molar-refractivity contribution in [2.75, 3.05) is 0 Å². The van der Waals surface area contributed by atoms with E-state index in [0.29, 0.717) is 0 Å². The molecule has 0 bridgehead atoms. The molecule has 0 aliphatic heterocycles. The van der Waals surface area contributed by atoms with Gasteiger partial charge in [-0.15, -0.1) is 11.6 Å². The van der Waals surface area contributed by atoms with Gasteiger partial charge in [-0.3, -0.25) is 4.98 Å². The molecule has 0 fully saturated rings. The third-order valence-electron chi connectivity index (χ3n) is 2.01. The van der Waals surface area contributed by atoms with E-state index in [9.17, 15) is 8.78 Å². The Morgan fingerprint density at radius 1 is 1.44 bits per heavy atom. The Balaban J connectivity index is 3.47. The van der Waals surface area contributed by atoms with E-state index >= 15 is 0 Å². The van der Waals surface area contributed by atoms with Gasteiger partial charge in [0.25, 0.3) is 6.43 Å². The number of rotatable bonds is 3. The van der Waals surface area contributed by atoms with Crippen molar-refractivity contribution >= 4 is 11.6 Å². The number of hydrogen-bond donors (Lipinski definition) is 0. The van der Waals surface area contributed by atoms with E-state index in [-0.39, 0.29) is 29.1 Å². The quantitative estimate of drug-likeness (QED) is 0.765. The highest BCUT2D eigenvalue weighted by atomic mass is 35.5. The molecular formula is C10H6ClF2N3. The lowest BCUT2D eigenvalue weighted by Crippen LogP contribution is -2.04. The van der Waals surface area contributed by atoms with E-state index in [4.69, 9.17) is 22.1 Å². The molecule has 1 heterocycles. The summed E-state index contributed by atoms with van der Waals surface area (Å²) in [4.78, 5) is 3.79. The van der Waals surface area contributed by atoms with Crippen molar-refractivity contribution in [3.63, 3.8) is 0 Å². The molecule has 0 aromatic carbocycles. The number of halogens is 3. The van der Waals surface area contributed by atoms with Crippen LogP contribution in [0, 0.1) is 22.7 Å². The molecule has 1 aromatic heterocycles. The summed E-state index contributed by atoms with van der Waals surface area (Å²) in [5.74, 6) is -0.116. The fourth-order valence-corrected chi connectivity index (χ4v) is 1.51. The van der Waals surface area contributed by atoms with Crippen molar-refractivity contribution in [3.8, 4) is 12.1 Å². The molecule has 0 aliphatic carbocycles.